The third-order valence-corrected chi connectivity index (χ3v) is 4.23. The Balaban J connectivity index is 2.30. The Morgan fingerprint density at radius 2 is 2.05 bits per heavy atom. The van der Waals surface area contributed by atoms with Gasteiger partial charge in [-0.15, -0.1) is 11.8 Å². The maximum atomic E-state index is 12.7. The van der Waals surface area contributed by atoms with Crippen molar-refractivity contribution in [2.75, 3.05) is 24.3 Å². The molecule has 1 aromatic rings. The van der Waals surface area contributed by atoms with Gasteiger partial charge < -0.3 is 10.4 Å². The first-order chi connectivity index (χ1) is 8.93. The molecule has 0 spiro atoms. The predicted molar refractivity (Wildman–Crippen MR) is 79.1 cm³/mol. The lowest BCUT2D eigenvalue weighted by atomic mass is 10.1. The van der Waals surface area contributed by atoms with E-state index in [0.717, 1.165) is 4.90 Å². The van der Waals surface area contributed by atoms with Gasteiger partial charge in [-0.1, -0.05) is 0 Å². The molecular formula is C13H18FNO2S2. The van der Waals surface area contributed by atoms with Crippen molar-refractivity contribution >= 4 is 29.4 Å². The average molecular weight is 303 g/mol. The second kappa shape index (κ2) is 7.77. The van der Waals surface area contributed by atoms with Crippen LogP contribution in [-0.2, 0) is 4.79 Å². The molecule has 106 valence electrons. The summed E-state index contributed by atoms with van der Waals surface area (Å²) in [5.41, 5.74) is -0.893. The molecule has 6 heteroatoms. The van der Waals surface area contributed by atoms with Crippen molar-refractivity contribution in [3.63, 3.8) is 0 Å². The summed E-state index contributed by atoms with van der Waals surface area (Å²) in [6.45, 7) is 1.92. The highest BCUT2D eigenvalue weighted by Crippen LogP contribution is 2.17. The largest absolute Gasteiger partial charge is 0.387 e. The molecule has 19 heavy (non-hydrogen) atoms. The molecule has 0 aliphatic heterocycles. The molecule has 0 saturated carbocycles. The lowest BCUT2D eigenvalue weighted by Crippen LogP contribution is -2.43. The van der Waals surface area contributed by atoms with Crippen LogP contribution in [0, 0.1) is 5.82 Å². The van der Waals surface area contributed by atoms with Gasteiger partial charge in [-0.2, -0.15) is 11.8 Å². The Hall–Kier alpha value is -0.720. The zero-order valence-electron chi connectivity index (χ0n) is 11.0. The standard InChI is InChI=1S/C13H18FNO2S2/c1-13(17,9-18-2)8-15-12(16)7-19-11-5-3-10(14)4-6-11/h3-6,17H,7-9H2,1-2H3,(H,15,16). The number of halogens is 1. The minimum Gasteiger partial charge on any atom is -0.387 e. The van der Waals surface area contributed by atoms with E-state index in [1.54, 1.807) is 19.1 Å². The van der Waals surface area contributed by atoms with Crippen LogP contribution in [0.15, 0.2) is 29.2 Å². The molecule has 0 aliphatic rings. The Labute approximate surface area is 121 Å². The molecule has 2 N–H and O–H groups in total. The highest BCUT2D eigenvalue weighted by molar-refractivity contribution is 8.00. The highest BCUT2D eigenvalue weighted by atomic mass is 32.2. The van der Waals surface area contributed by atoms with Crippen molar-refractivity contribution in [2.24, 2.45) is 0 Å². The predicted octanol–water partition coefficient (Wildman–Crippen LogP) is 2.15. The molecule has 1 unspecified atom stereocenters. The summed E-state index contributed by atoms with van der Waals surface area (Å²) in [5, 5.41) is 12.6. The first-order valence-corrected chi connectivity index (χ1v) is 8.17. The van der Waals surface area contributed by atoms with E-state index >= 15 is 0 Å². The van der Waals surface area contributed by atoms with Crippen LogP contribution in [-0.4, -0.2) is 40.9 Å². The Kier molecular flexibility index (Phi) is 6.68. The third kappa shape index (κ3) is 6.84. The van der Waals surface area contributed by atoms with Crippen LogP contribution >= 0.6 is 23.5 Å². The van der Waals surface area contributed by atoms with Gasteiger partial charge in [0, 0.05) is 17.2 Å². The minimum absolute atomic E-state index is 0.143. The molecule has 3 nitrogen and oxygen atoms in total. The fraction of sp³-hybridized carbons (Fsp3) is 0.462. The number of nitrogens with one attached hydrogen (secondary N) is 1. The van der Waals surface area contributed by atoms with Gasteiger partial charge in [-0.3, -0.25) is 4.79 Å². The van der Waals surface area contributed by atoms with E-state index in [0.29, 0.717) is 5.75 Å². The Bertz CT molecular complexity index is 410. The van der Waals surface area contributed by atoms with Crippen molar-refractivity contribution in [1.82, 2.24) is 5.32 Å². The van der Waals surface area contributed by atoms with Crippen molar-refractivity contribution < 1.29 is 14.3 Å². The van der Waals surface area contributed by atoms with Gasteiger partial charge in [0.25, 0.3) is 0 Å². The van der Waals surface area contributed by atoms with Crippen molar-refractivity contribution in [1.29, 1.82) is 0 Å². The molecule has 0 fully saturated rings. The van der Waals surface area contributed by atoms with Crippen molar-refractivity contribution in [3.8, 4) is 0 Å². The fourth-order valence-corrected chi connectivity index (χ4v) is 2.83. The molecule has 1 rings (SSSR count). The monoisotopic (exact) mass is 303 g/mol. The normalized spacial score (nSPS) is 13.9. The summed E-state index contributed by atoms with van der Waals surface area (Å²) in [7, 11) is 0. The molecule has 0 aliphatic carbocycles. The number of carbonyl (C=O) groups excluding carboxylic acids is 1. The van der Waals surface area contributed by atoms with Crippen LogP contribution in [0.25, 0.3) is 0 Å². The lowest BCUT2D eigenvalue weighted by Gasteiger charge is -2.22. The summed E-state index contributed by atoms with van der Waals surface area (Å²) < 4.78 is 12.7. The molecule has 1 amide bonds. The van der Waals surface area contributed by atoms with Gasteiger partial charge in [0.1, 0.15) is 5.82 Å². The number of carbonyl (C=O) groups is 1. The van der Waals surface area contributed by atoms with Gasteiger partial charge in [0.15, 0.2) is 0 Å². The quantitative estimate of drug-likeness (QED) is 0.758. The second-order valence-electron chi connectivity index (χ2n) is 4.45. The SMILES string of the molecule is CSCC(C)(O)CNC(=O)CSc1ccc(F)cc1. The van der Waals surface area contributed by atoms with Crippen LogP contribution in [0.4, 0.5) is 4.39 Å². The molecule has 0 bridgehead atoms. The van der Waals surface area contributed by atoms with Crippen LogP contribution < -0.4 is 5.32 Å². The minimum atomic E-state index is -0.893. The highest BCUT2D eigenvalue weighted by Gasteiger charge is 2.20. The number of amides is 1. The second-order valence-corrected chi connectivity index (χ2v) is 6.36. The first kappa shape index (κ1) is 16.3. The molecule has 1 atom stereocenters. The summed E-state index contributed by atoms with van der Waals surface area (Å²) in [6, 6.07) is 6.00. The average Bonchev–Trinajstić information content (AvgIpc) is 2.36. The van der Waals surface area contributed by atoms with Gasteiger partial charge in [0.05, 0.1) is 11.4 Å². The smallest absolute Gasteiger partial charge is 0.230 e. The lowest BCUT2D eigenvalue weighted by molar-refractivity contribution is -0.119. The van der Waals surface area contributed by atoms with Crippen LogP contribution in [0.5, 0.6) is 0 Å². The summed E-state index contributed by atoms with van der Waals surface area (Å²) in [6.07, 6.45) is 1.90. The van der Waals surface area contributed by atoms with Gasteiger partial charge >= 0.3 is 0 Å². The van der Waals surface area contributed by atoms with E-state index in [1.165, 1.54) is 35.7 Å². The van der Waals surface area contributed by atoms with Crippen LogP contribution in [0.3, 0.4) is 0 Å². The molecule has 0 heterocycles. The van der Waals surface area contributed by atoms with Crippen molar-refractivity contribution in [3.05, 3.63) is 30.1 Å². The summed E-state index contributed by atoms with van der Waals surface area (Å²) in [4.78, 5) is 12.5. The van der Waals surface area contributed by atoms with Gasteiger partial charge in [-0.05, 0) is 37.4 Å². The number of benzene rings is 1. The number of rotatable bonds is 7. The van der Waals surface area contributed by atoms with Gasteiger partial charge in [0.2, 0.25) is 5.91 Å². The number of thioether (sulfide) groups is 2. The van der Waals surface area contributed by atoms with Crippen LogP contribution in [0.1, 0.15) is 6.92 Å². The Morgan fingerprint density at radius 3 is 2.63 bits per heavy atom. The summed E-state index contributed by atoms with van der Waals surface area (Å²) in [5.74, 6) is 0.386. The van der Waals surface area contributed by atoms with E-state index in [4.69, 9.17) is 0 Å². The number of hydrogen-bond acceptors (Lipinski definition) is 4. The number of hydrogen-bond donors (Lipinski definition) is 2. The molecule has 0 saturated heterocycles. The maximum absolute atomic E-state index is 12.7. The topological polar surface area (TPSA) is 49.3 Å². The Morgan fingerprint density at radius 1 is 1.42 bits per heavy atom. The first-order valence-electron chi connectivity index (χ1n) is 5.79. The zero-order chi connectivity index (χ0) is 14.3. The maximum Gasteiger partial charge on any atom is 0.230 e. The van der Waals surface area contributed by atoms with Gasteiger partial charge in [-0.25, -0.2) is 4.39 Å². The van der Waals surface area contributed by atoms with E-state index in [9.17, 15) is 14.3 Å². The molecule has 0 aromatic heterocycles. The fourth-order valence-electron chi connectivity index (χ4n) is 1.38. The molecule has 0 radical (unpaired) electrons. The summed E-state index contributed by atoms with van der Waals surface area (Å²) >= 11 is 2.87. The molecular weight excluding hydrogens is 285 g/mol. The van der Waals surface area contributed by atoms with E-state index < -0.39 is 5.60 Å². The van der Waals surface area contributed by atoms with E-state index in [2.05, 4.69) is 5.32 Å². The zero-order valence-corrected chi connectivity index (χ0v) is 12.6. The van der Waals surface area contributed by atoms with E-state index in [-0.39, 0.29) is 24.0 Å². The van der Waals surface area contributed by atoms with E-state index in [1.807, 2.05) is 6.26 Å². The molecule has 1 aromatic carbocycles. The van der Waals surface area contributed by atoms with Crippen LogP contribution in [0.2, 0.25) is 0 Å². The number of aliphatic hydroxyl groups is 1. The van der Waals surface area contributed by atoms with Crippen molar-refractivity contribution in [2.45, 2.75) is 17.4 Å². The third-order valence-electron chi connectivity index (χ3n) is 2.31.